The summed E-state index contributed by atoms with van der Waals surface area (Å²) in [5.74, 6) is 7.49. The minimum absolute atomic E-state index is 0.00469. The minimum Gasteiger partial charge on any atom is -0.451 e. The normalized spacial score (nSPS) is 43.6. The molecule has 0 aromatic carbocycles. The molecule has 58 heavy (non-hydrogen) atoms. The second kappa shape index (κ2) is 16.1. The lowest BCUT2D eigenvalue weighted by atomic mass is 9.44. The molecule has 0 amide bonds. The van der Waals surface area contributed by atoms with Crippen molar-refractivity contribution in [2.75, 3.05) is 0 Å². The molecule has 0 aromatic heterocycles. The van der Waals surface area contributed by atoms with Gasteiger partial charge in [-0.25, -0.2) is 0 Å². The summed E-state index contributed by atoms with van der Waals surface area (Å²) in [7, 11) is 0. The van der Waals surface area contributed by atoms with Crippen LogP contribution in [0.5, 0.6) is 0 Å². The number of carbonyl (C=O) groups excluding carboxylic acids is 5. The number of terminal acetylenes is 1. The fraction of sp³-hybridized carbons (Fsp3) is 0.784. The Morgan fingerprint density at radius 2 is 1.43 bits per heavy atom. The summed E-state index contributed by atoms with van der Waals surface area (Å²) in [5.41, 5.74) is 0.780. The summed E-state index contributed by atoms with van der Waals surface area (Å²) >= 11 is 0. The molecule has 0 N–H and O–H groups in total. The summed E-state index contributed by atoms with van der Waals surface area (Å²) in [5, 5.41) is 0. The Morgan fingerprint density at radius 3 is 2.14 bits per heavy atom. The van der Waals surface area contributed by atoms with Gasteiger partial charge in [0.05, 0.1) is 0 Å². The van der Waals surface area contributed by atoms with Crippen LogP contribution in [0.1, 0.15) is 177 Å². The number of hydrogen-bond donors (Lipinski definition) is 0. The Hall–Kier alpha value is -3.01. The molecule has 8 rings (SSSR count). The van der Waals surface area contributed by atoms with Gasteiger partial charge in [-0.15, -0.1) is 6.42 Å². The molecular weight excluding hydrogens is 725 g/mol. The van der Waals surface area contributed by atoms with Crippen LogP contribution in [0.15, 0.2) is 23.3 Å². The summed E-state index contributed by atoms with van der Waals surface area (Å²) < 4.78 is 12.0. The van der Waals surface area contributed by atoms with Crippen LogP contribution in [0.2, 0.25) is 0 Å². The van der Waals surface area contributed by atoms with Gasteiger partial charge in [0.25, 0.3) is 0 Å². The van der Waals surface area contributed by atoms with Crippen LogP contribution in [0.3, 0.4) is 0 Å². The number of Topliss-reactive ketones (excluding diaryl/α,β-unsaturated/α-hetero) is 1. The lowest BCUT2D eigenvalue weighted by molar-refractivity contribution is -0.187. The third-order valence-corrected chi connectivity index (χ3v) is 18.5. The maximum Gasteiger partial charge on any atom is 0.307 e. The smallest absolute Gasteiger partial charge is 0.307 e. The van der Waals surface area contributed by atoms with E-state index in [1.165, 1.54) is 24.5 Å². The van der Waals surface area contributed by atoms with Crippen molar-refractivity contribution in [2.24, 2.45) is 63.6 Å². The molecule has 7 nitrogen and oxygen atoms in total. The second-order valence-electron chi connectivity index (χ2n) is 21.0. The first-order valence-electron chi connectivity index (χ1n) is 23.4. The number of ether oxygens (including phenoxy) is 2. The van der Waals surface area contributed by atoms with Crippen molar-refractivity contribution in [2.45, 2.75) is 188 Å². The van der Waals surface area contributed by atoms with Gasteiger partial charge in [-0.2, -0.15) is 0 Å². The lowest BCUT2D eigenvalue weighted by Gasteiger charge is -2.60. The lowest BCUT2D eigenvalue weighted by Crippen LogP contribution is -2.59. The van der Waals surface area contributed by atoms with E-state index in [-0.39, 0.29) is 39.8 Å². The van der Waals surface area contributed by atoms with E-state index in [1.807, 2.05) is 12.2 Å². The Kier molecular flexibility index (Phi) is 12.0. The molecular formula is C51H72O7. The highest BCUT2D eigenvalue weighted by molar-refractivity contribution is 5.92. The van der Waals surface area contributed by atoms with E-state index in [0.29, 0.717) is 78.8 Å². The minimum atomic E-state index is -0.961. The molecule has 0 saturated heterocycles. The fourth-order valence-corrected chi connectivity index (χ4v) is 15.6. The molecule has 318 valence electrons. The van der Waals surface area contributed by atoms with Gasteiger partial charge in [-0.1, -0.05) is 70.9 Å². The number of allylic oxidation sites excluding steroid dienone is 2. The van der Waals surface area contributed by atoms with Gasteiger partial charge in [-0.05, 0) is 162 Å². The van der Waals surface area contributed by atoms with Crippen LogP contribution in [0.25, 0.3) is 0 Å². The average Bonchev–Trinajstić information content (AvgIpc) is 3.65. The van der Waals surface area contributed by atoms with E-state index in [1.54, 1.807) is 6.92 Å². The standard InChI is InChI=1S/C27H38O3.C24H34O4/c1-4-6-7-8-9-25(29)30-27(5-2)17-15-24-23-12-10-19-18-20(28)11-13-21(19)22(23)14-16-26(24,27)3;1-14-12-18-19(22(4)9-6-17(27)13-21(14)22)7-10-23(5)20(18)8-11-24(23,15(2)25)28-16(3)26/h2,18,21-24H,4,6-17H2,1,3H3;13-14,18-20H,6-12H2,1-5H3/t21-,22+,23+,24-,26-,27-;14-,18+,19-,20-,22+,23-,24-/m00/s1. The summed E-state index contributed by atoms with van der Waals surface area (Å²) in [6.07, 6.45) is 29.1. The summed E-state index contributed by atoms with van der Waals surface area (Å²) in [6.45, 7) is 14.4. The molecule has 0 spiro atoms. The van der Waals surface area contributed by atoms with Crippen molar-refractivity contribution in [3.8, 4) is 12.3 Å². The van der Waals surface area contributed by atoms with Gasteiger partial charge < -0.3 is 9.47 Å². The number of esters is 2. The van der Waals surface area contributed by atoms with E-state index >= 15 is 0 Å². The highest BCUT2D eigenvalue weighted by Gasteiger charge is 2.68. The fourth-order valence-electron chi connectivity index (χ4n) is 15.6. The SMILES string of the molecule is C#C[C@]1(OC(=O)CCCCCC)CC[C@H]2[C@@H]3CCC4=CC(=O)CC[C@@H]4[C@H]3CC[C@@]21C.CC(=O)O[C@]1(C(C)=O)CC[C@H]2[C@@H]3C[C@H](C)C4=CC(=O)CC[C@]4(C)[C@H]3CC[C@@]21C. The summed E-state index contributed by atoms with van der Waals surface area (Å²) in [4.78, 5) is 61.4. The molecule has 6 fully saturated rings. The second-order valence-corrected chi connectivity index (χ2v) is 21.0. The first-order chi connectivity index (χ1) is 27.5. The van der Waals surface area contributed by atoms with Crippen molar-refractivity contribution in [1.82, 2.24) is 0 Å². The van der Waals surface area contributed by atoms with Gasteiger partial charge in [0.15, 0.2) is 28.6 Å². The maximum atomic E-state index is 12.8. The molecule has 13 atom stereocenters. The van der Waals surface area contributed by atoms with Gasteiger partial charge in [0, 0.05) is 37.0 Å². The van der Waals surface area contributed by atoms with Crippen molar-refractivity contribution < 1.29 is 33.4 Å². The van der Waals surface area contributed by atoms with E-state index in [4.69, 9.17) is 15.9 Å². The van der Waals surface area contributed by atoms with Crippen molar-refractivity contribution in [1.29, 1.82) is 0 Å². The average molecular weight is 797 g/mol. The molecule has 8 aliphatic rings. The maximum absolute atomic E-state index is 12.8. The number of hydrogen-bond acceptors (Lipinski definition) is 7. The van der Waals surface area contributed by atoms with Gasteiger partial charge in [-0.3, -0.25) is 24.0 Å². The molecule has 8 aliphatic carbocycles. The van der Waals surface area contributed by atoms with E-state index < -0.39 is 11.2 Å². The Morgan fingerprint density at radius 1 is 0.741 bits per heavy atom. The summed E-state index contributed by atoms with van der Waals surface area (Å²) in [6, 6.07) is 0. The Labute approximate surface area is 349 Å². The monoisotopic (exact) mass is 797 g/mol. The molecule has 0 heterocycles. The van der Waals surface area contributed by atoms with E-state index in [9.17, 15) is 24.0 Å². The van der Waals surface area contributed by atoms with Gasteiger partial charge >= 0.3 is 11.9 Å². The quantitative estimate of drug-likeness (QED) is 0.137. The van der Waals surface area contributed by atoms with Gasteiger partial charge in [0.2, 0.25) is 0 Å². The van der Waals surface area contributed by atoms with Crippen LogP contribution in [-0.4, -0.2) is 40.5 Å². The Balaban J connectivity index is 0.000000177. The molecule has 6 saturated carbocycles. The van der Waals surface area contributed by atoms with Crippen LogP contribution in [0.4, 0.5) is 0 Å². The molecule has 0 aromatic rings. The Bertz CT molecular complexity index is 1780. The molecule has 0 bridgehead atoms. The van der Waals surface area contributed by atoms with Crippen molar-refractivity contribution in [3.63, 3.8) is 0 Å². The first-order valence-corrected chi connectivity index (χ1v) is 23.4. The number of carbonyl (C=O) groups is 5. The molecule has 7 heteroatoms. The number of ketones is 3. The van der Waals surface area contributed by atoms with Crippen LogP contribution in [0, 0.1) is 75.9 Å². The molecule has 0 unspecified atom stereocenters. The zero-order valence-corrected chi connectivity index (χ0v) is 36.9. The van der Waals surface area contributed by atoms with Gasteiger partial charge in [0.1, 0.15) is 0 Å². The zero-order valence-electron chi connectivity index (χ0n) is 36.9. The topological polar surface area (TPSA) is 104 Å². The van der Waals surface area contributed by atoms with Crippen LogP contribution < -0.4 is 0 Å². The number of rotatable bonds is 8. The van der Waals surface area contributed by atoms with Crippen LogP contribution >= 0.6 is 0 Å². The number of fused-ring (bicyclic) bond motifs is 10. The number of unbranched alkanes of at least 4 members (excludes halogenated alkanes) is 3. The van der Waals surface area contributed by atoms with E-state index in [2.05, 4.69) is 40.5 Å². The van der Waals surface area contributed by atoms with Crippen LogP contribution in [-0.2, 0) is 33.4 Å². The van der Waals surface area contributed by atoms with E-state index in [0.717, 1.165) is 96.3 Å². The third kappa shape index (κ3) is 6.91. The third-order valence-electron chi connectivity index (χ3n) is 18.5. The molecule has 0 aliphatic heterocycles. The largest absolute Gasteiger partial charge is 0.451 e. The van der Waals surface area contributed by atoms with Crippen molar-refractivity contribution in [3.05, 3.63) is 23.3 Å². The van der Waals surface area contributed by atoms with Crippen molar-refractivity contribution >= 4 is 29.3 Å². The highest BCUT2D eigenvalue weighted by atomic mass is 16.6. The zero-order chi connectivity index (χ0) is 41.8. The highest BCUT2D eigenvalue weighted by Crippen LogP contribution is 2.69. The molecule has 0 radical (unpaired) electrons. The first kappa shape index (κ1) is 43.1. The predicted octanol–water partition coefficient (Wildman–Crippen LogP) is 10.7. The predicted molar refractivity (Wildman–Crippen MR) is 225 cm³/mol.